The Hall–Kier alpha value is -0.590. The van der Waals surface area contributed by atoms with Crippen molar-refractivity contribution >= 4 is 5.78 Å². The summed E-state index contributed by atoms with van der Waals surface area (Å²) in [6.45, 7) is 11.7. The van der Waals surface area contributed by atoms with Crippen LogP contribution in [0, 0.1) is 5.41 Å². The van der Waals surface area contributed by atoms with Crippen LogP contribution in [0.5, 0.6) is 0 Å². The molecule has 1 heteroatoms. The van der Waals surface area contributed by atoms with E-state index in [-0.39, 0.29) is 11.2 Å². The molecule has 0 rings (SSSR count). The van der Waals surface area contributed by atoms with Crippen LogP contribution in [-0.4, -0.2) is 5.78 Å². The largest absolute Gasteiger partial charge is 0.294 e. The maximum Gasteiger partial charge on any atom is 0.163 e. The summed E-state index contributed by atoms with van der Waals surface area (Å²) in [5, 5.41) is 0. The van der Waals surface area contributed by atoms with Gasteiger partial charge in [-0.25, -0.2) is 0 Å². The van der Waals surface area contributed by atoms with Crippen molar-refractivity contribution in [3.05, 3.63) is 11.1 Å². The zero-order valence-corrected chi connectivity index (χ0v) is 8.41. The van der Waals surface area contributed by atoms with E-state index >= 15 is 0 Å². The van der Waals surface area contributed by atoms with E-state index < -0.39 is 0 Å². The van der Waals surface area contributed by atoms with Gasteiger partial charge in [-0.15, -0.1) is 0 Å². The highest BCUT2D eigenvalue weighted by atomic mass is 16.1. The molecule has 0 aliphatic rings. The number of carbonyl (C=O) groups is 1. The van der Waals surface area contributed by atoms with Gasteiger partial charge in [-0.2, -0.15) is 0 Å². The molecule has 0 radical (unpaired) electrons. The highest BCUT2D eigenvalue weighted by Gasteiger charge is 2.22. The Bertz CT molecular complexity index is 187. The summed E-state index contributed by atoms with van der Waals surface area (Å²) in [4.78, 5) is 11.5. The average molecular weight is 154 g/mol. The van der Waals surface area contributed by atoms with Gasteiger partial charge >= 0.3 is 0 Å². The first-order valence-electron chi connectivity index (χ1n) is 3.95. The fourth-order valence-corrected chi connectivity index (χ4v) is 0.790. The first-order valence-corrected chi connectivity index (χ1v) is 3.95. The predicted octanol–water partition coefficient (Wildman–Crippen LogP) is 2.96. The number of hydrogen-bond donors (Lipinski definition) is 0. The number of Topliss-reactive ketones (excluding diaryl/α,β-unsaturated/α-hetero) is 1. The predicted molar refractivity (Wildman–Crippen MR) is 48.5 cm³/mol. The second-order valence-electron chi connectivity index (χ2n) is 4.20. The summed E-state index contributed by atoms with van der Waals surface area (Å²) in [5.41, 5.74) is 1.78. The smallest absolute Gasteiger partial charge is 0.163 e. The van der Waals surface area contributed by atoms with Gasteiger partial charge in [-0.05, 0) is 26.3 Å². The maximum atomic E-state index is 11.5. The monoisotopic (exact) mass is 154 g/mol. The van der Waals surface area contributed by atoms with Crippen molar-refractivity contribution in [2.24, 2.45) is 5.41 Å². The summed E-state index contributed by atoms with van der Waals surface area (Å²) in [7, 11) is 0. The number of rotatable bonds is 1. The molecule has 0 fully saturated rings. The van der Waals surface area contributed by atoms with Crippen LogP contribution >= 0.6 is 0 Å². The van der Waals surface area contributed by atoms with Crippen molar-refractivity contribution < 1.29 is 4.79 Å². The van der Waals surface area contributed by atoms with Crippen LogP contribution in [0.1, 0.15) is 41.5 Å². The molecule has 0 aromatic heterocycles. The molecule has 0 bridgehead atoms. The van der Waals surface area contributed by atoms with Gasteiger partial charge < -0.3 is 0 Å². The Morgan fingerprint density at radius 3 is 1.45 bits per heavy atom. The van der Waals surface area contributed by atoms with Gasteiger partial charge in [0, 0.05) is 5.41 Å². The molecule has 64 valence electrons. The zero-order valence-electron chi connectivity index (χ0n) is 8.41. The normalized spacial score (nSPS) is 11.1. The lowest BCUT2D eigenvalue weighted by Gasteiger charge is -2.17. The molecule has 0 saturated carbocycles. The van der Waals surface area contributed by atoms with Crippen molar-refractivity contribution in [2.45, 2.75) is 41.5 Å². The van der Waals surface area contributed by atoms with Gasteiger partial charge in [0.05, 0.1) is 0 Å². The number of allylic oxidation sites excluding steroid dienone is 2. The minimum atomic E-state index is -0.235. The van der Waals surface area contributed by atoms with Crippen LogP contribution in [0.25, 0.3) is 0 Å². The molecule has 0 saturated heterocycles. The van der Waals surface area contributed by atoms with Crippen LogP contribution in [0.15, 0.2) is 11.1 Å². The Labute approximate surface area is 69.5 Å². The van der Waals surface area contributed by atoms with Crippen LogP contribution < -0.4 is 0 Å². The van der Waals surface area contributed by atoms with E-state index in [1.54, 1.807) is 0 Å². The Balaban J connectivity index is 4.67. The minimum absolute atomic E-state index is 0.235. The zero-order chi connectivity index (χ0) is 9.23. The molecule has 0 aliphatic heterocycles. The van der Waals surface area contributed by atoms with Crippen LogP contribution in [-0.2, 0) is 4.79 Å². The quantitative estimate of drug-likeness (QED) is 0.531. The maximum absolute atomic E-state index is 11.5. The molecule has 0 aromatic carbocycles. The van der Waals surface area contributed by atoms with Crippen molar-refractivity contribution in [2.75, 3.05) is 0 Å². The first kappa shape index (κ1) is 10.4. The van der Waals surface area contributed by atoms with Gasteiger partial charge in [0.25, 0.3) is 0 Å². The molecular formula is C10H18O. The molecule has 0 aliphatic carbocycles. The van der Waals surface area contributed by atoms with Gasteiger partial charge in [0.1, 0.15) is 0 Å². The lowest BCUT2D eigenvalue weighted by Crippen LogP contribution is -2.21. The highest BCUT2D eigenvalue weighted by Crippen LogP contribution is 2.21. The third-order valence-corrected chi connectivity index (χ3v) is 1.77. The summed E-state index contributed by atoms with van der Waals surface area (Å²) in [6, 6.07) is 0. The second-order valence-corrected chi connectivity index (χ2v) is 4.20. The van der Waals surface area contributed by atoms with E-state index in [1.165, 1.54) is 0 Å². The number of hydrogen-bond acceptors (Lipinski definition) is 1. The summed E-state index contributed by atoms with van der Waals surface area (Å²) in [6.07, 6.45) is 0. The SMILES string of the molecule is CC(C)=C(C)C(=O)C(C)(C)C. The second kappa shape index (κ2) is 3.21. The summed E-state index contributed by atoms with van der Waals surface area (Å²) in [5.74, 6) is 0.248. The summed E-state index contributed by atoms with van der Waals surface area (Å²) >= 11 is 0. The van der Waals surface area contributed by atoms with Gasteiger partial charge in [0.2, 0.25) is 0 Å². The van der Waals surface area contributed by atoms with Gasteiger partial charge in [-0.3, -0.25) is 4.79 Å². The van der Waals surface area contributed by atoms with Crippen molar-refractivity contribution in [1.29, 1.82) is 0 Å². The van der Waals surface area contributed by atoms with E-state index in [9.17, 15) is 4.79 Å². The Kier molecular flexibility index (Phi) is 3.03. The van der Waals surface area contributed by atoms with Gasteiger partial charge in [-0.1, -0.05) is 26.3 Å². The van der Waals surface area contributed by atoms with Gasteiger partial charge in [0.15, 0.2) is 5.78 Å². The van der Waals surface area contributed by atoms with E-state index in [2.05, 4.69) is 0 Å². The molecule has 0 atom stereocenters. The molecule has 11 heavy (non-hydrogen) atoms. The van der Waals surface area contributed by atoms with Crippen LogP contribution in [0.2, 0.25) is 0 Å². The van der Waals surface area contributed by atoms with Crippen LogP contribution in [0.3, 0.4) is 0 Å². The highest BCUT2D eigenvalue weighted by molar-refractivity contribution is 5.99. The molecule has 0 heterocycles. The third kappa shape index (κ3) is 2.87. The molecule has 0 spiro atoms. The Morgan fingerprint density at radius 2 is 1.36 bits per heavy atom. The van der Waals surface area contributed by atoms with Crippen molar-refractivity contribution in [1.82, 2.24) is 0 Å². The molecule has 0 amide bonds. The lowest BCUT2D eigenvalue weighted by atomic mass is 9.85. The standard InChI is InChI=1S/C10H18O/c1-7(2)8(3)9(11)10(4,5)6/h1-6H3. The molecule has 0 unspecified atom stereocenters. The summed E-state index contributed by atoms with van der Waals surface area (Å²) < 4.78 is 0. The van der Waals surface area contributed by atoms with E-state index in [4.69, 9.17) is 0 Å². The van der Waals surface area contributed by atoms with E-state index in [1.807, 2.05) is 41.5 Å². The number of carbonyl (C=O) groups excluding carboxylic acids is 1. The fraction of sp³-hybridized carbons (Fsp3) is 0.700. The first-order chi connectivity index (χ1) is 4.76. The topological polar surface area (TPSA) is 17.1 Å². The average Bonchev–Trinajstić information content (AvgIpc) is 1.82. The Morgan fingerprint density at radius 1 is 1.00 bits per heavy atom. The third-order valence-electron chi connectivity index (χ3n) is 1.77. The lowest BCUT2D eigenvalue weighted by molar-refractivity contribution is -0.122. The van der Waals surface area contributed by atoms with Crippen molar-refractivity contribution in [3.63, 3.8) is 0 Å². The fourth-order valence-electron chi connectivity index (χ4n) is 0.790. The molecule has 1 nitrogen and oxygen atoms in total. The minimum Gasteiger partial charge on any atom is -0.294 e. The van der Waals surface area contributed by atoms with E-state index in [0.717, 1.165) is 11.1 Å². The molecule has 0 N–H and O–H groups in total. The number of ketones is 1. The van der Waals surface area contributed by atoms with Crippen molar-refractivity contribution in [3.8, 4) is 0 Å². The molecular weight excluding hydrogens is 136 g/mol. The van der Waals surface area contributed by atoms with Crippen LogP contribution in [0.4, 0.5) is 0 Å². The molecule has 0 aromatic rings. The van der Waals surface area contributed by atoms with E-state index in [0.29, 0.717) is 0 Å².